The highest BCUT2D eigenvalue weighted by atomic mass is 79.9. The fraction of sp³-hybridized carbons (Fsp3) is 0.308. The molecule has 0 aliphatic carbocycles. The molecule has 0 aliphatic heterocycles. The number of hydrogen-bond donors (Lipinski definition) is 1. The summed E-state index contributed by atoms with van der Waals surface area (Å²) in [6, 6.07) is 8.15. The van der Waals surface area contributed by atoms with Gasteiger partial charge in [-0.05, 0) is 30.4 Å². The van der Waals surface area contributed by atoms with E-state index in [1.165, 1.54) is 5.69 Å². The summed E-state index contributed by atoms with van der Waals surface area (Å²) in [6.45, 7) is 6.54. The number of rotatable bonds is 1. The molecule has 0 fully saturated rings. The van der Waals surface area contributed by atoms with Crippen LogP contribution in [0.3, 0.4) is 0 Å². The number of nitrogens with zero attached hydrogens (tertiary/aromatic N) is 1. The minimum absolute atomic E-state index is 0.0515. The van der Waals surface area contributed by atoms with E-state index in [1.54, 1.807) is 0 Å². The lowest BCUT2D eigenvalue weighted by molar-refractivity contribution is 0.556. The van der Waals surface area contributed by atoms with Gasteiger partial charge in [-0.15, -0.1) is 0 Å². The van der Waals surface area contributed by atoms with Crippen LogP contribution >= 0.6 is 28.1 Å². The summed E-state index contributed by atoms with van der Waals surface area (Å²) < 4.78 is 3.87. The Hall–Kier alpha value is -0.870. The molecule has 1 N–H and O–H groups in total. The van der Waals surface area contributed by atoms with Crippen LogP contribution in [0.1, 0.15) is 26.5 Å². The summed E-state index contributed by atoms with van der Waals surface area (Å²) in [7, 11) is 0. The monoisotopic (exact) mass is 310 g/mol. The van der Waals surface area contributed by atoms with Crippen LogP contribution in [0.5, 0.6) is 0 Å². The summed E-state index contributed by atoms with van der Waals surface area (Å²) >= 11 is 8.85. The molecular weight excluding hydrogens is 296 g/mol. The van der Waals surface area contributed by atoms with Crippen molar-refractivity contribution in [1.82, 2.24) is 9.55 Å². The molecule has 1 aromatic carbocycles. The van der Waals surface area contributed by atoms with Gasteiger partial charge in [-0.3, -0.25) is 4.57 Å². The Balaban J connectivity index is 2.67. The van der Waals surface area contributed by atoms with Crippen molar-refractivity contribution in [3.05, 3.63) is 45.4 Å². The van der Waals surface area contributed by atoms with Gasteiger partial charge < -0.3 is 4.98 Å². The lowest BCUT2D eigenvalue weighted by Crippen LogP contribution is -2.16. The van der Waals surface area contributed by atoms with E-state index in [9.17, 15) is 0 Å². The van der Waals surface area contributed by atoms with E-state index < -0.39 is 0 Å². The van der Waals surface area contributed by atoms with Gasteiger partial charge in [-0.2, -0.15) is 0 Å². The normalized spacial score (nSPS) is 11.8. The van der Waals surface area contributed by atoms with E-state index in [0.29, 0.717) is 0 Å². The van der Waals surface area contributed by atoms with E-state index in [1.807, 2.05) is 18.3 Å². The number of aromatic nitrogens is 2. The largest absolute Gasteiger partial charge is 0.337 e. The number of hydrogen-bond acceptors (Lipinski definition) is 1. The molecule has 1 heterocycles. The first-order valence-electron chi connectivity index (χ1n) is 5.46. The van der Waals surface area contributed by atoms with E-state index in [4.69, 9.17) is 12.2 Å². The number of nitrogens with one attached hydrogen (secondary N) is 1. The van der Waals surface area contributed by atoms with Crippen molar-refractivity contribution in [2.45, 2.75) is 26.2 Å². The minimum Gasteiger partial charge on any atom is -0.337 e. The molecule has 0 spiro atoms. The molecule has 0 aliphatic rings. The second-order valence-corrected chi connectivity index (χ2v) is 6.35. The molecule has 2 rings (SSSR count). The fourth-order valence-corrected chi connectivity index (χ4v) is 2.44. The van der Waals surface area contributed by atoms with Crippen molar-refractivity contribution in [1.29, 1.82) is 0 Å². The lowest BCUT2D eigenvalue weighted by atomic mass is 9.92. The second-order valence-electron chi connectivity index (χ2n) is 5.04. The van der Waals surface area contributed by atoms with Crippen LogP contribution in [-0.4, -0.2) is 9.55 Å². The van der Waals surface area contributed by atoms with Gasteiger partial charge in [0.25, 0.3) is 0 Å². The molecule has 0 radical (unpaired) electrons. The summed E-state index contributed by atoms with van der Waals surface area (Å²) in [5.74, 6) is 0. The molecule has 90 valence electrons. The Morgan fingerprint density at radius 3 is 2.59 bits per heavy atom. The van der Waals surface area contributed by atoms with Crippen molar-refractivity contribution < 1.29 is 0 Å². The number of H-pyrrole nitrogens is 1. The van der Waals surface area contributed by atoms with E-state index in [0.717, 1.165) is 14.9 Å². The Morgan fingerprint density at radius 2 is 2.00 bits per heavy atom. The summed E-state index contributed by atoms with van der Waals surface area (Å²) in [5.41, 5.74) is 2.31. The molecule has 17 heavy (non-hydrogen) atoms. The molecule has 2 nitrogen and oxygen atoms in total. The third-order valence-electron chi connectivity index (χ3n) is 2.61. The van der Waals surface area contributed by atoms with Crippen LogP contribution in [-0.2, 0) is 5.41 Å². The molecule has 2 aromatic rings. The SMILES string of the molecule is CC(C)(C)c1c[nH]c(=S)n1-c1cccc(Br)c1. The van der Waals surface area contributed by atoms with Gasteiger partial charge in [0.15, 0.2) is 4.77 Å². The third kappa shape index (κ3) is 2.53. The van der Waals surface area contributed by atoms with Crippen LogP contribution in [0.4, 0.5) is 0 Å². The van der Waals surface area contributed by atoms with Gasteiger partial charge in [0, 0.05) is 27.5 Å². The first-order chi connectivity index (χ1) is 7.89. The molecule has 1 aromatic heterocycles. The van der Waals surface area contributed by atoms with Crippen LogP contribution < -0.4 is 0 Å². The fourth-order valence-electron chi connectivity index (χ4n) is 1.79. The predicted octanol–water partition coefficient (Wildman–Crippen LogP) is 4.59. The Kier molecular flexibility index (Phi) is 3.27. The smallest absolute Gasteiger partial charge is 0.182 e. The zero-order valence-corrected chi connectivity index (χ0v) is 12.5. The van der Waals surface area contributed by atoms with Gasteiger partial charge >= 0.3 is 0 Å². The lowest BCUT2D eigenvalue weighted by Gasteiger charge is -2.20. The van der Waals surface area contributed by atoms with Crippen molar-refractivity contribution in [3.8, 4) is 5.69 Å². The minimum atomic E-state index is 0.0515. The molecule has 0 atom stereocenters. The topological polar surface area (TPSA) is 20.7 Å². The first kappa shape index (κ1) is 12.6. The molecule has 0 saturated heterocycles. The maximum Gasteiger partial charge on any atom is 0.182 e. The number of benzene rings is 1. The van der Waals surface area contributed by atoms with E-state index >= 15 is 0 Å². The molecule has 0 saturated carbocycles. The highest BCUT2D eigenvalue weighted by Gasteiger charge is 2.20. The first-order valence-corrected chi connectivity index (χ1v) is 6.66. The van der Waals surface area contributed by atoms with Crippen molar-refractivity contribution in [3.63, 3.8) is 0 Å². The van der Waals surface area contributed by atoms with Crippen molar-refractivity contribution >= 4 is 28.1 Å². The van der Waals surface area contributed by atoms with Gasteiger partial charge in [-0.25, -0.2) is 0 Å². The highest BCUT2D eigenvalue weighted by Crippen LogP contribution is 2.26. The maximum absolute atomic E-state index is 5.36. The molecule has 0 bridgehead atoms. The summed E-state index contributed by atoms with van der Waals surface area (Å²) in [5, 5.41) is 0. The van der Waals surface area contributed by atoms with Gasteiger partial charge in [-0.1, -0.05) is 42.8 Å². The van der Waals surface area contributed by atoms with Crippen LogP contribution in [0.15, 0.2) is 34.9 Å². The van der Waals surface area contributed by atoms with Crippen molar-refractivity contribution in [2.75, 3.05) is 0 Å². The average Bonchev–Trinajstić information content (AvgIpc) is 2.59. The zero-order chi connectivity index (χ0) is 12.6. The third-order valence-corrected chi connectivity index (χ3v) is 3.40. The number of imidazole rings is 1. The molecule has 0 unspecified atom stereocenters. The molecule has 0 amide bonds. The predicted molar refractivity (Wildman–Crippen MR) is 77.4 cm³/mol. The van der Waals surface area contributed by atoms with Crippen molar-refractivity contribution in [2.24, 2.45) is 0 Å². The zero-order valence-electron chi connectivity index (χ0n) is 10.1. The summed E-state index contributed by atoms with van der Waals surface area (Å²) in [6.07, 6.45) is 1.99. The maximum atomic E-state index is 5.36. The standard InChI is InChI=1S/C13H15BrN2S/c1-13(2,3)11-8-15-12(17)16(11)10-6-4-5-9(14)7-10/h4-8H,1-3H3,(H,15,17). The number of halogens is 1. The highest BCUT2D eigenvalue weighted by molar-refractivity contribution is 9.10. The van der Waals surface area contributed by atoms with E-state index in [2.05, 4.69) is 58.4 Å². The summed E-state index contributed by atoms with van der Waals surface area (Å²) in [4.78, 5) is 3.12. The average molecular weight is 311 g/mol. The Bertz CT molecular complexity index is 590. The quantitative estimate of drug-likeness (QED) is 0.764. The van der Waals surface area contributed by atoms with Gasteiger partial charge in [0.05, 0.1) is 0 Å². The molecule has 4 heteroatoms. The van der Waals surface area contributed by atoms with Crippen LogP contribution in [0.2, 0.25) is 0 Å². The van der Waals surface area contributed by atoms with Gasteiger partial charge in [0.1, 0.15) is 0 Å². The van der Waals surface area contributed by atoms with Crippen LogP contribution in [0, 0.1) is 4.77 Å². The Labute approximate surface area is 115 Å². The van der Waals surface area contributed by atoms with E-state index in [-0.39, 0.29) is 5.41 Å². The second kappa shape index (κ2) is 4.42. The molecular formula is C13H15BrN2S. The number of aromatic amines is 1. The Morgan fingerprint density at radius 1 is 1.29 bits per heavy atom. The van der Waals surface area contributed by atoms with Crippen LogP contribution in [0.25, 0.3) is 5.69 Å². The van der Waals surface area contributed by atoms with Gasteiger partial charge in [0.2, 0.25) is 0 Å².